The molecule has 0 aromatic heterocycles. The molecule has 0 radical (unpaired) electrons. The van der Waals surface area contributed by atoms with Gasteiger partial charge in [0.1, 0.15) is 11.6 Å². The van der Waals surface area contributed by atoms with Crippen LogP contribution in [0.5, 0.6) is 5.75 Å². The lowest BCUT2D eigenvalue weighted by Gasteiger charge is -2.15. The van der Waals surface area contributed by atoms with Crippen molar-refractivity contribution in [1.29, 1.82) is 0 Å². The quantitative estimate of drug-likeness (QED) is 0.876. The molecule has 3 heteroatoms. The third-order valence-corrected chi connectivity index (χ3v) is 3.38. The van der Waals surface area contributed by atoms with Crippen molar-refractivity contribution in [2.75, 3.05) is 13.7 Å². The Balaban J connectivity index is 2.07. The lowest BCUT2D eigenvalue weighted by Crippen LogP contribution is -2.13. The van der Waals surface area contributed by atoms with Crippen molar-refractivity contribution < 1.29 is 14.2 Å². The first-order valence-electron chi connectivity index (χ1n) is 6.70. The largest absolute Gasteiger partial charge is 0.497 e. The van der Waals surface area contributed by atoms with E-state index in [1.54, 1.807) is 19.2 Å². The Morgan fingerprint density at radius 2 is 1.90 bits per heavy atom. The van der Waals surface area contributed by atoms with E-state index in [1.807, 2.05) is 30.3 Å². The molecule has 106 valence electrons. The van der Waals surface area contributed by atoms with Crippen LogP contribution < -0.4 is 4.74 Å². The molecule has 2 nitrogen and oxygen atoms in total. The molecule has 1 unspecified atom stereocenters. The van der Waals surface area contributed by atoms with Crippen LogP contribution in [0.2, 0.25) is 0 Å². The van der Waals surface area contributed by atoms with Gasteiger partial charge in [0.15, 0.2) is 0 Å². The van der Waals surface area contributed by atoms with Crippen LogP contribution in [0.25, 0.3) is 0 Å². The predicted molar refractivity (Wildman–Crippen MR) is 77.4 cm³/mol. The fourth-order valence-corrected chi connectivity index (χ4v) is 2.31. The maximum absolute atomic E-state index is 13.6. The summed E-state index contributed by atoms with van der Waals surface area (Å²) in [6.45, 7) is 0.0333. The summed E-state index contributed by atoms with van der Waals surface area (Å²) in [6, 6.07) is 14.5. The van der Waals surface area contributed by atoms with E-state index in [2.05, 4.69) is 0 Å². The van der Waals surface area contributed by atoms with E-state index in [0.29, 0.717) is 18.4 Å². The first kappa shape index (κ1) is 14.5. The van der Waals surface area contributed by atoms with Crippen molar-refractivity contribution in [3.8, 4) is 5.75 Å². The minimum Gasteiger partial charge on any atom is -0.497 e. The number of halogens is 1. The van der Waals surface area contributed by atoms with Crippen LogP contribution in [0.15, 0.2) is 48.5 Å². The molecule has 2 aromatic carbocycles. The highest BCUT2D eigenvalue weighted by Crippen LogP contribution is 2.19. The summed E-state index contributed by atoms with van der Waals surface area (Å²) in [5.41, 5.74) is 1.73. The monoisotopic (exact) mass is 274 g/mol. The standard InChI is InChI=1S/C17H19FO2/c1-20-16-7-4-5-13(11-16)9-14(12-19)10-15-6-2-3-8-17(15)18/h2-8,11,14,19H,9-10,12H2,1H3. The van der Waals surface area contributed by atoms with Gasteiger partial charge >= 0.3 is 0 Å². The van der Waals surface area contributed by atoms with Crippen LogP contribution in [0.4, 0.5) is 4.39 Å². The van der Waals surface area contributed by atoms with Gasteiger partial charge < -0.3 is 9.84 Å². The maximum atomic E-state index is 13.6. The van der Waals surface area contributed by atoms with Gasteiger partial charge in [0.2, 0.25) is 0 Å². The van der Waals surface area contributed by atoms with Crippen molar-refractivity contribution >= 4 is 0 Å². The number of benzene rings is 2. The van der Waals surface area contributed by atoms with E-state index in [0.717, 1.165) is 11.3 Å². The molecule has 2 rings (SSSR count). The van der Waals surface area contributed by atoms with E-state index in [4.69, 9.17) is 4.74 Å². The van der Waals surface area contributed by atoms with Crippen molar-refractivity contribution in [3.63, 3.8) is 0 Å². The second-order valence-corrected chi connectivity index (χ2v) is 4.90. The van der Waals surface area contributed by atoms with Gasteiger partial charge in [0, 0.05) is 6.61 Å². The minimum absolute atomic E-state index is 0.000920. The summed E-state index contributed by atoms with van der Waals surface area (Å²) in [5, 5.41) is 9.51. The summed E-state index contributed by atoms with van der Waals surface area (Å²) in [4.78, 5) is 0. The van der Waals surface area contributed by atoms with Crippen LogP contribution >= 0.6 is 0 Å². The average molecular weight is 274 g/mol. The van der Waals surface area contributed by atoms with Crippen LogP contribution in [0.3, 0.4) is 0 Å². The topological polar surface area (TPSA) is 29.5 Å². The highest BCUT2D eigenvalue weighted by molar-refractivity contribution is 5.29. The Kier molecular flexibility index (Phi) is 5.13. The van der Waals surface area contributed by atoms with Gasteiger partial charge in [-0.05, 0) is 48.1 Å². The summed E-state index contributed by atoms with van der Waals surface area (Å²) < 4.78 is 18.8. The molecular formula is C17H19FO2. The Hall–Kier alpha value is -1.87. The predicted octanol–water partition coefficient (Wildman–Crippen LogP) is 3.23. The molecule has 0 amide bonds. The fraction of sp³-hybridized carbons (Fsp3) is 0.294. The highest BCUT2D eigenvalue weighted by Gasteiger charge is 2.12. The number of ether oxygens (including phenoxy) is 1. The normalized spacial score (nSPS) is 12.2. The number of aliphatic hydroxyl groups excluding tert-OH is 1. The van der Waals surface area contributed by atoms with Gasteiger partial charge in [-0.2, -0.15) is 0 Å². The summed E-state index contributed by atoms with van der Waals surface area (Å²) in [7, 11) is 1.63. The second-order valence-electron chi connectivity index (χ2n) is 4.90. The Labute approximate surface area is 118 Å². The molecule has 0 saturated carbocycles. The third-order valence-electron chi connectivity index (χ3n) is 3.38. The lowest BCUT2D eigenvalue weighted by molar-refractivity contribution is 0.224. The van der Waals surface area contributed by atoms with Crippen LogP contribution in [-0.2, 0) is 12.8 Å². The lowest BCUT2D eigenvalue weighted by atomic mass is 9.93. The molecule has 0 aliphatic carbocycles. The van der Waals surface area contributed by atoms with Crippen LogP contribution in [0.1, 0.15) is 11.1 Å². The molecule has 0 bridgehead atoms. The molecule has 2 aromatic rings. The molecule has 0 heterocycles. The van der Waals surface area contributed by atoms with Crippen molar-refractivity contribution in [2.24, 2.45) is 5.92 Å². The van der Waals surface area contributed by atoms with Gasteiger partial charge in [0.25, 0.3) is 0 Å². The van der Waals surface area contributed by atoms with Gasteiger partial charge in [-0.25, -0.2) is 4.39 Å². The summed E-state index contributed by atoms with van der Waals surface area (Å²) in [5.74, 6) is 0.584. The molecule has 0 fully saturated rings. The smallest absolute Gasteiger partial charge is 0.126 e. The van der Waals surface area contributed by atoms with Gasteiger partial charge in [-0.15, -0.1) is 0 Å². The number of aliphatic hydroxyl groups is 1. The minimum atomic E-state index is -0.211. The Bertz CT molecular complexity index is 554. The number of rotatable bonds is 6. The van der Waals surface area contributed by atoms with E-state index < -0.39 is 0 Å². The highest BCUT2D eigenvalue weighted by atomic mass is 19.1. The van der Waals surface area contributed by atoms with E-state index >= 15 is 0 Å². The van der Waals surface area contributed by atoms with Crippen molar-refractivity contribution in [3.05, 3.63) is 65.5 Å². The van der Waals surface area contributed by atoms with Crippen molar-refractivity contribution in [2.45, 2.75) is 12.8 Å². The Morgan fingerprint density at radius 1 is 1.10 bits per heavy atom. The third kappa shape index (κ3) is 3.81. The molecule has 0 aliphatic rings. The maximum Gasteiger partial charge on any atom is 0.126 e. The summed E-state index contributed by atoms with van der Waals surface area (Å²) in [6.07, 6.45) is 1.22. The van der Waals surface area contributed by atoms with E-state index in [9.17, 15) is 9.50 Å². The number of hydrogen-bond donors (Lipinski definition) is 1. The first-order valence-corrected chi connectivity index (χ1v) is 6.70. The number of hydrogen-bond acceptors (Lipinski definition) is 2. The molecule has 0 aliphatic heterocycles. The zero-order valence-corrected chi connectivity index (χ0v) is 11.6. The first-order chi connectivity index (χ1) is 9.72. The van der Waals surface area contributed by atoms with Gasteiger partial charge in [-0.1, -0.05) is 30.3 Å². The molecule has 0 spiro atoms. The summed E-state index contributed by atoms with van der Waals surface area (Å²) >= 11 is 0. The second kappa shape index (κ2) is 7.06. The zero-order valence-electron chi connectivity index (χ0n) is 11.6. The fourth-order valence-electron chi connectivity index (χ4n) is 2.31. The van der Waals surface area contributed by atoms with Crippen LogP contribution in [-0.4, -0.2) is 18.8 Å². The molecule has 1 atom stereocenters. The molecule has 0 saturated heterocycles. The van der Waals surface area contributed by atoms with Gasteiger partial charge in [-0.3, -0.25) is 0 Å². The SMILES string of the molecule is COc1cccc(CC(CO)Cc2ccccc2F)c1. The van der Waals surface area contributed by atoms with E-state index in [1.165, 1.54) is 6.07 Å². The van der Waals surface area contributed by atoms with E-state index in [-0.39, 0.29) is 18.3 Å². The number of methoxy groups -OCH3 is 1. The molecular weight excluding hydrogens is 255 g/mol. The molecule has 20 heavy (non-hydrogen) atoms. The Morgan fingerprint density at radius 3 is 2.60 bits per heavy atom. The van der Waals surface area contributed by atoms with Gasteiger partial charge in [0.05, 0.1) is 7.11 Å². The van der Waals surface area contributed by atoms with Crippen LogP contribution in [0, 0.1) is 11.7 Å². The molecule has 1 N–H and O–H groups in total. The average Bonchev–Trinajstić information content (AvgIpc) is 2.49. The zero-order chi connectivity index (χ0) is 14.4. The van der Waals surface area contributed by atoms with Crippen molar-refractivity contribution in [1.82, 2.24) is 0 Å².